The lowest BCUT2D eigenvalue weighted by molar-refractivity contribution is -0.143. The number of hydrogen-bond acceptors (Lipinski definition) is 5. The van der Waals surface area contributed by atoms with Crippen LogP contribution in [-0.2, 0) is 9.53 Å². The molecule has 1 fully saturated rings. The summed E-state index contributed by atoms with van der Waals surface area (Å²) in [6.07, 6.45) is 0.389. The molecule has 2 rings (SSSR count). The molecule has 1 aliphatic heterocycles. The molecular formula is C16H22N2O4. The smallest absolute Gasteiger partial charge is 0.307 e. The summed E-state index contributed by atoms with van der Waals surface area (Å²) in [6, 6.07) is 6.29. The number of aromatic hydroxyl groups is 1. The van der Waals surface area contributed by atoms with Crippen LogP contribution in [0.3, 0.4) is 0 Å². The largest absolute Gasteiger partial charge is 0.508 e. The topological polar surface area (TPSA) is 70.1 Å². The van der Waals surface area contributed by atoms with Gasteiger partial charge in [0.25, 0.3) is 5.91 Å². The number of esters is 1. The Hall–Kier alpha value is -2.08. The fourth-order valence-corrected chi connectivity index (χ4v) is 2.44. The van der Waals surface area contributed by atoms with Crippen LogP contribution < -0.4 is 0 Å². The lowest BCUT2D eigenvalue weighted by Crippen LogP contribution is -2.49. The minimum Gasteiger partial charge on any atom is -0.508 e. The standard InChI is InChI=1S/C16H22N2O4/c1-2-22-15(20)7-8-17-9-11-18(12-10-17)16(21)13-3-5-14(19)6-4-13/h3-6,19H,2,7-12H2,1H3. The molecule has 22 heavy (non-hydrogen) atoms. The molecule has 1 N–H and O–H groups in total. The molecule has 1 amide bonds. The molecule has 0 spiro atoms. The van der Waals surface area contributed by atoms with Gasteiger partial charge in [0, 0.05) is 38.3 Å². The van der Waals surface area contributed by atoms with Crippen molar-refractivity contribution in [2.45, 2.75) is 13.3 Å². The summed E-state index contributed by atoms with van der Waals surface area (Å²) in [4.78, 5) is 27.6. The molecule has 6 nitrogen and oxygen atoms in total. The Morgan fingerprint density at radius 1 is 1.14 bits per heavy atom. The van der Waals surface area contributed by atoms with E-state index in [1.165, 1.54) is 12.1 Å². The summed E-state index contributed by atoms with van der Waals surface area (Å²) in [5.74, 6) is -0.0459. The van der Waals surface area contributed by atoms with Crippen molar-refractivity contribution >= 4 is 11.9 Å². The van der Waals surface area contributed by atoms with Crippen molar-refractivity contribution in [1.82, 2.24) is 9.80 Å². The Morgan fingerprint density at radius 2 is 1.77 bits per heavy atom. The van der Waals surface area contributed by atoms with Crippen LogP contribution in [0, 0.1) is 0 Å². The maximum absolute atomic E-state index is 12.3. The molecule has 0 radical (unpaired) electrons. The number of hydrogen-bond donors (Lipinski definition) is 1. The van der Waals surface area contributed by atoms with Crippen LogP contribution in [-0.4, -0.2) is 66.1 Å². The van der Waals surface area contributed by atoms with Gasteiger partial charge < -0.3 is 14.7 Å². The first-order valence-corrected chi connectivity index (χ1v) is 7.56. The second kappa shape index (κ2) is 7.79. The van der Waals surface area contributed by atoms with Gasteiger partial charge in [0.2, 0.25) is 0 Å². The highest BCUT2D eigenvalue weighted by Crippen LogP contribution is 2.13. The number of ether oxygens (including phenoxy) is 1. The zero-order chi connectivity index (χ0) is 15.9. The Morgan fingerprint density at radius 3 is 2.36 bits per heavy atom. The van der Waals surface area contributed by atoms with Gasteiger partial charge >= 0.3 is 5.97 Å². The van der Waals surface area contributed by atoms with E-state index in [9.17, 15) is 14.7 Å². The molecule has 6 heteroatoms. The van der Waals surface area contributed by atoms with Gasteiger partial charge in [-0.25, -0.2) is 0 Å². The Balaban J connectivity index is 1.78. The second-order valence-electron chi connectivity index (χ2n) is 5.24. The highest BCUT2D eigenvalue weighted by atomic mass is 16.5. The van der Waals surface area contributed by atoms with Gasteiger partial charge in [0.1, 0.15) is 5.75 Å². The molecule has 1 heterocycles. The summed E-state index contributed by atoms with van der Waals surface area (Å²) in [5.41, 5.74) is 0.581. The number of nitrogens with zero attached hydrogens (tertiary/aromatic N) is 2. The number of phenolic OH excluding ortho intramolecular Hbond substituents is 1. The van der Waals surface area contributed by atoms with Gasteiger partial charge in [0.05, 0.1) is 13.0 Å². The van der Waals surface area contributed by atoms with Crippen molar-refractivity contribution in [3.63, 3.8) is 0 Å². The number of amides is 1. The van der Waals surface area contributed by atoms with Gasteiger partial charge in [-0.1, -0.05) is 0 Å². The lowest BCUT2D eigenvalue weighted by Gasteiger charge is -2.34. The molecule has 0 saturated carbocycles. The molecule has 1 aromatic rings. The molecule has 0 aromatic heterocycles. The number of rotatable bonds is 5. The monoisotopic (exact) mass is 306 g/mol. The predicted molar refractivity (Wildman–Crippen MR) is 81.7 cm³/mol. The van der Waals surface area contributed by atoms with E-state index >= 15 is 0 Å². The Kier molecular flexibility index (Phi) is 5.77. The molecule has 1 saturated heterocycles. The lowest BCUT2D eigenvalue weighted by atomic mass is 10.1. The van der Waals surface area contributed by atoms with E-state index in [1.807, 2.05) is 0 Å². The van der Waals surface area contributed by atoms with E-state index in [0.29, 0.717) is 38.2 Å². The quantitative estimate of drug-likeness (QED) is 0.825. The molecule has 1 aromatic carbocycles. The summed E-state index contributed by atoms with van der Waals surface area (Å²) in [7, 11) is 0. The minimum absolute atomic E-state index is 0.0231. The first kappa shape index (κ1) is 16.3. The number of carbonyl (C=O) groups is 2. The molecule has 0 bridgehead atoms. The third-order valence-corrected chi connectivity index (χ3v) is 3.71. The van der Waals surface area contributed by atoms with Crippen LogP contribution in [0.5, 0.6) is 5.75 Å². The van der Waals surface area contributed by atoms with Crippen LogP contribution in [0.25, 0.3) is 0 Å². The molecule has 1 aliphatic rings. The zero-order valence-electron chi connectivity index (χ0n) is 12.8. The van der Waals surface area contributed by atoms with Crippen molar-refractivity contribution in [2.24, 2.45) is 0 Å². The number of piperazine rings is 1. The molecular weight excluding hydrogens is 284 g/mol. The SMILES string of the molecule is CCOC(=O)CCN1CCN(C(=O)c2ccc(O)cc2)CC1. The van der Waals surface area contributed by atoms with Crippen LogP contribution >= 0.6 is 0 Å². The number of benzene rings is 1. The van der Waals surface area contributed by atoms with Gasteiger partial charge in [-0.05, 0) is 31.2 Å². The van der Waals surface area contributed by atoms with Crippen molar-refractivity contribution in [1.29, 1.82) is 0 Å². The summed E-state index contributed by atoms with van der Waals surface area (Å²) in [6.45, 7) is 5.66. The van der Waals surface area contributed by atoms with Gasteiger partial charge in [-0.3, -0.25) is 14.5 Å². The summed E-state index contributed by atoms with van der Waals surface area (Å²) < 4.78 is 4.91. The highest BCUT2D eigenvalue weighted by molar-refractivity contribution is 5.94. The number of carbonyl (C=O) groups excluding carboxylic acids is 2. The molecule has 0 atom stereocenters. The van der Waals surface area contributed by atoms with Gasteiger partial charge in [-0.15, -0.1) is 0 Å². The van der Waals surface area contributed by atoms with Crippen molar-refractivity contribution in [3.05, 3.63) is 29.8 Å². The maximum atomic E-state index is 12.3. The zero-order valence-corrected chi connectivity index (χ0v) is 12.8. The van der Waals surface area contributed by atoms with E-state index in [4.69, 9.17) is 4.74 Å². The van der Waals surface area contributed by atoms with E-state index in [1.54, 1.807) is 24.0 Å². The van der Waals surface area contributed by atoms with Crippen molar-refractivity contribution in [2.75, 3.05) is 39.3 Å². The van der Waals surface area contributed by atoms with Crippen LogP contribution in [0.4, 0.5) is 0 Å². The summed E-state index contributed by atoms with van der Waals surface area (Å²) in [5, 5.41) is 9.26. The van der Waals surface area contributed by atoms with Crippen LogP contribution in [0.1, 0.15) is 23.7 Å². The first-order chi connectivity index (χ1) is 10.6. The van der Waals surface area contributed by atoms with Crippen LogP contribution in [0.2, 0.25) is 0 Å². The fraction of sp³-hybridized carbons (Fsp3) is 0.500. The predicted octanol–water partition coefficient (Wildman–Crippen LogP) is 1.10. The van der Waals surface area contributed by atoms with Crippen LogP contribution in [0.15, 0.2) is 24.3 Å². The van der Waals surface area contributed by atoms with E-state index in [-0.39, 0.29) is 17.6 Å². The molecule has 0 aliphatic carbocycles. The second-order valence-corrected chi connectivity index (χ2v) is 5.24. The average Bonchev–Trinajstić information content (AvgIpc) is 2.54. The van der Waals surface area contributed by atoms with E-state index < -0.39 is 0 Å². The molecule has 120 valence electrons. The fourth-order valence-electron chi connectivity index (χ4n) is 2.44. The highest BCUT2D eigenvalue weighted by Gasteiger charge is 2.22. The third kappa shape index (κ3) is 4.46. The summed E-state index contributed by atoms with van der Waals surface area (Å²) >= 11 is 0. The van der Waals surface area contributed by atoms with E-state index in [0.717, 1.165) is 13.1 Å². The minimum atomic E-state index is -0.176. The normalized spacial score (nSPS) is 15.6. The maximum Gasteiger partial charge on any atom is 0.307 e. The first-order valence-electron chi connectivity index (χ1n) is 7.56. The van der Waals surface area contributed by atoms with E-state index in [2.05, 4.69) is 4.90 Å². The third-order valence-electron chi connectivity index (χ3n) is 3.71. The molecule has 0 unspecified atom stereocenters. The van der Waals surface area contributed by atoms with Crippen molar-refractivity contribution in [3.8, 4) is 5.75 Å². The van der Waals surface area contributed by atoms with Gasteiger partial charge in [-0.2, -0.15) is 0 Å². The number of phenols is 1. The van der Waals surface area contributed by atoms with Gasteiger partial charge in [0.15, 0.2) is 0 Å². The average molecular weight is 306 g/mol. The Labute approximate surface area is 130 Å². The Bertz CT molecular complexity index is 507. The van der Waals surface area contributed by atoms with Crippen molar-refractivity contribution < 1.29 is 19.4 Å².